The van der Waals surface area contributed by atoms with Crippen LogP contribution in [0.2, 0.25) is 0 Å². The van der Waals surface area contributed by atoms with Crippen molar-refractivity contribution in [1.29, 1.82) is 0 Å². The Labute approximate surface area is 201 Å². The van der Waals surface area contributed by atoms with Crippen LogP contribution in [0.4, 0.5) is 0 Å². The number of carbonyl (C=O) groups is 2. The second-order valence-electron chi connectivity index (χ2n) is 8.86. The molecule has 1 saturated heterocycles. The van der Waals surface area contributed by atoms with Crippen molar-refractivity contribution >= 4 is 34.2 Å². The lowest BCUT2D eigenvalue weighted by molar-refractivity contribution is 0.0519. The Kier molecular flexibility index (Phi) is 5.73. The molecule has 1 fully saturated rings. The molecule has 0 atom stereocenters. The number of aryl methyl sites for hydroxylation is 2. The van der Waals surface area contributed by atoms with Gasteiger partial charge in [-0.25, -0.2) is 9.67 Å². The lowest BCUT2D eigenvalue weighted by atomic mass is 10.1. The molecule has 0 radical (unpaired) electrons. The predicted molar refractivity (Wildman–Crippen MR) is 131 cm³/mol. The van der Waals surface area contributed by atoms with E-state index >= 15 is 0 Å². The molecule has 5 heterocycles. The molecule has 2 amide bonds. The minimum absolute atomic E-state index is 0.0633. The molecule has 0 N–H and O–H groups in total. The number of pyridine rings is 1. The molecule has 34 heavy (non-hydrogen) atoms. The first-order valence-corrected chi connectivity index (χ1v) is 12.2. The minimum Gasteiger partial charge on any atom is -0.459 e. The van der Waals surface area contributed by atoms with E-state index in [9.17, 15) is 9.59 Å². The summed E-state index contributed by atoms with van der Waals surface area (Å²) in [6, 6.07) is 7.50. The first kappa shape index (κ1) is 22.3. The maximum absolute atomic E-state index is 13.7. The molecule has 0 unspecified atom stereocenters. The van der Waals surface area contributed by atoms with Crippen molar-refractivity contribution in [3.05, 3.63) is 57.8 Å². The monoisotopic (exact) mass is 477 g/mol. The van der Waals surface area contributed by atoms with E-state index < -0.39 is 0 Å². The highest BCUT2D eigenvalue weighted by molar-refractivity contribution is 7.12. The molecule has 0 aromatic carbocycles. The number of thiophene rings is 1. The van der Waals surface area contributed by atoms with Gasteiger partial charge in [0.2, 0.25) is 0 Å². The summed E-state index contributed by atoms with van der Waals surface area (Å²) < 4.78 is 7.11. The van der Waals surface area contributed by atoms with E-state index in [1.165, 1.54) is 16.0 Å². The minimum atomic E-state index is -0.146. The van der Waals surface area contributed by atoms with Gasteiger partial charge in [-0.3, -0.25) is 9.59 Å². The average Bonchev–Trinajstić information content (AvgIpc) is 3.57. The molecule has 0 bridgehead atoms. The van der Waals surface area contributed by atoms with Crippen LogP contribution in [0.3, 0.4) is 0 Å². The highest BCUT2D eigenvalue weighted by Crippen LogP contribution is 2.33. The first-order chi connectivity index (χ1) is 16.3. The fourth-order valence-electron chi connectivity index (χ4n) is 4.44. The molecule has 1 aliphatic heterocycles. The Hall–Kier alpha value is -3.46. The van der Waals surface area contributed by atoms with Crippen molar-refractivity contribution in [3.8, 4) is 11.3 Å². The molecule has 4 aromatic heterocycles. The SMILES string of the molecule is Cc1cc(-c2cc(C(=O)N3CCN(C(=O)c4ccco4)CC3)c3cnn(C(C)C)c3n2)c(C)s1. The Balaban J connectivity index is 1.47. The largest absolute Gasteiger partial charge is 0.459 e. The van der Waals surface area contributed by atoms with Crippen LogP contribution in [0.15, 0.2) is 41.1 Å². The Morgan fingerprint density at radius 2 is 1.76 bits per heavy atom. The van der Waals surface area contributed by atoms with Crippen LogP contribution in [0.1, 0.15) is 50.6 Å². The third-order valence-corrected chi connectivity index (χ3v) is 7.16. The number of amides is 2. The maximum Gasteiger partial charge on any atom is 0.289 e. The van der Waals surface area contributed by atoms with Gasteiger partial charge in [0, 0.05) is 47.5 Å². The zero-order chi connectivity index (χ0) is 24.0. The van der Waals surface area contributed by atoms with E-state index in [0.717, 1.165) is 16.6 Å². The fraction of sp³-hybridized carbons (Fsp3) is 0.360. The summed E-state index contributed by atoms with van der Waals surface area (Å²) in [7, 11) is 0. The quantitative estimate of drug-likeness (QED) is 0.431. The lowest BCUT2D eigenvalue weighted by Crippen LogP contribution is -2.50. The highest BCUT2D eigenvalue weighted by Gasteiger charge is 2.29. The number of carbonyl (C=O) groups excluding carboxylic acids is 2. The van der Waals surface area contributed by atoms with Gasteiger partial charge in [-0.1, -0.05) is 0 Å². The number of piperazine rings is 1. The summed E-state index contributed by atoms with van der Waals surface area (Å²) in [5, 5.41) is 5.28. The third kappa shape index (κ3) is 3.90. The van der Waals surface area contributed by atoms with Crippen LogP contribution in [0, 0.1) is 13.8 Å². The van der Waals surface area contributed by atoms with Crippen LogP contribution in [-0.2, 0) is 0 Å². The van der Waals surface area contributed by atoms with E-state index in [-0.39, 0.29) is 17.9 Å². The number of furan rings is 1. The van der Waals surface area contributed by atoms with E-state index in [1.807, 2.05) is 15.6 Å². The van der Waals surface area contributed by atoms with Gasteiger partial charge in [0.25, 0.3) is 11.8 Å². The standard InChI is InChI=1S/C25H27N5O3S/c1-15(2)30-23-20(14-26-30)19(13-21(27-23)18-12-16(3)34-17(18)4)24(31)28-7-9-29(10-8-28)25(32)22-6-5-11-33-22/h5-6,11-15H,7-10H2,1-4H3. The molecule has 176 valence electrons. The summed E-state index contributed by atoms with van der Waals surface area (Å²) in [6.45, 7) is 10.1. The zero-order valence-corrected chi connectivity index (χ0v) is 20.6. The van der Waals surface area contributed by atoms with E-state index in [1.54, 1.807) is 34.6 Å². The number of nitrogens with zero attached hydrogens (tertiary/aromatic N) is 5. The molecule has 0 spiro atoms. The number of hydrogen-bond donors (Lipinski definition) is 0. The smallest absolute Gasteiger partial charge is 0.289 e. The number of hydrogen-bond acceptors (Lipinski definition) is 6. The van der Waals surface area contributed by atoms with Crippen LogP contribution < -0.4 is 0 Å². The third-order valence-electron chi connectivity index (χ3n) is 6.19. The Morgan fingerprint density at radius 3 is 2.35 bits per heavy atom. The normalized spacial score (nSPS) is 14.4. The molecular formula is C25H27N5O3S. The molecular weight excluding hydrogens is 450 g/mol. The highest BCUT2D eigenvalue weighted by atomic mass is 32.1. The van der Waals surface area contributed by atoms with Gasteiger partial charge in [0.1, 0.15) is 0 Å². The summed E-state index contributed by atoms with van der Waals surface area (Å²) in [5.74, 6) is 0.113. The second kappa shape index (κ2) is 8.72. The van der Waals surface area contributed by atoms with Gasteiger partial charge < -0.3 is 14.2 Å². The number of rotatable bonds is 4. The summed E-state index contributed by atoms with van der Waals surface area (Å²) in [5.41, 5.74) is 3.14. The first-order valence-electron chi connectivity index (χ1n) is 11.4. The summed E-state index contributed by atoms with van der Waals surface area (Å²) >= 11 is 1.72. The molecule has 0 aliphatic carbocycles. The second-order valence-corrected chi connectivity index (χ2v) is 10.3. The van der Waals surface area contributed by atoms with Gasteiger partial charge in [-0.2, -0.15) is 5.10 Å². The van der Waals surface area contributed by atoms with E-state index in [4.69, 9.17) is 9.40 Å². The van der Waals surface area contributed by atoms with Crippen molar-refractivity contribution in [2.75, 3.05) is 26.2 Å². The van der Waals surface area contributed by atoms with Gasteiger partial charge in [0.15, 0.2) is 11.4 Å². The van der Waals surface area contributed by atoms with Crippen LogP contribution >= 0.6 is 11.3 Å². The van der Waals surface area contributed by atoms with Gasteiger partial charge in [0.05, 0.1) is 29.1 Å². The molecule has 8 nitrogen and oxygen atoms in total. The molecule has 0 saturated carbocycles. The summed E-state index contributed by atoms with van der Waals surface area (Å²) in [4.78, 5) is 37.1. The van der Waals surface area contributed by atoms with Gasteiger partial charge in [-0.05, 0) is 52.0 Å². The van der Waals surface area contributed by atoms with E-state index in [0.29, 0.717) is 43.1 Å². The van der Waals surface area contributed by atoms with Gasteiger partial charge >= 0.3 is 0 Å². The fourth-order valence-corrected chi connectivity index (χ4v) is 5.37. The maximum atomic E-state index is 13.7. The molecule has 9 heteroatoms. The van der Waals surface area contributed by atoms with Crippen LogP contribution in [-0.4, -0.2) is 62.6 Å². The molecule has 4 aromatic rings. The average molecular weight is 478 g/mol. The van der Waals surface area contributed by atoms with Crippen LogP contribution in [0.5, 0.6) is 0 Å². The van der Waals surface area contributed by atoms with Crippen molar-refractivity contribution in [1.82, 2.24) is 24.6 Å². The Morgan fingerprint density at radius 1 is 1.06 bits per heavy atom. The molecule has 1 aliphatic rings. The Bertz CT molecular complexity index is 1360. The van der Waals surface area contributed by atoms with Gasteiger partial charge in [-0.15, -0.1) is 11.3 Å². The van der Waals surface area contributed by atoms with Crippen molar-refractivity contribution in [2.24, 2.45) is 0 Å². The van der Waals surface area contributed by atoms with Crippen molar-refractivity contribution < 1.29 is 14.0 Å². The topological polar surface area (TPSA) is 84.5 Å². The zero-order valence-electron chi connectivity index (χ0n) is 19.7. The summed E-state index contributed by atoms with van der Waals surface area (Å²) in [6.07, 6.45) is 3.23. The lowest BCUT2D eigenvalue weighted by Gasteiger charge is -2.34. The molecule has 5 rings (SSSR count). The van der Waals surface area contributed by atoms with Crippen molar-refractivity contribution in [3.63, 3.8) is 0 Å². The van der Waals surface area contributed by atoms with E-state index in [2.05, 4.69) is 38.9 Å². The predicted octanol–water partition coefficient (Wildman–Crippen LogP) is 4.55. The number of aromatic nitrogens is 3. The van der Waals surface area contributed by atoms with Crippen molar-refractivity contribution in [2.45, 2.75) is 33.7 Å². The van der Waals surface area contributed by atoms with Crippen LogP contribution in [0.25, 0.3) is 22.3 Å². The number of fused-ring (bicyclic) bond motifs is 1.